The number of hydrogen-bond donors (Lipinski definition) is 3. The molecular weight excluding hydrogens is 1010 g/mol. The Morgan fingerprint density at radius 2 is 0.561 bits per heavy atom. The van der Waals surface area contributed by atoms with Crippen molar-refractivity contribution in [2.24, 2.45) is 0 Å². The summed E-state index contributed by atoms with van der Waals surface area (Å²) in [6.45, 7) is 4.95. The van der Waals surface area contributed by atoms with Crippen LogP contribution in [0, 0.1) is 0 Å². The molecule has 0 fully saturated rings. The number of allylic oxidation sites excluding steroid dienone is 1. The Balaban J connectivity index is 3.30. The summed E-state index contributed by atoms with van der Waals surface area (Å²) < 4.78 is 5.51. The van der Waals surface area contributed by atoms with Gasteiger partial charge in [0.1, 0.15) is 0 Å². The van der Waals surface area contributed by atoms with Crippen LogP contribution in [0.4, 0.5) is 0 Å². The number of hydrogen-bond acceptors (Lipinski definition) is 5. The fraction of sp³-hybridized carbons (Fsp3) is 0.947. The molecule has 0 aromatic rings. The molecule has 6 nitrogen and oxygen atoms in total. The minimum atomic E-state index is -0.840. The maximum atomic E-state index is 12.5. The lowest BCUT2D eigenvalue weighted by atomic mass is 10.0. The molecule has 0 aliphatic carbocycles. The quantitative estimate of drug-likeness (QED) is 0.0320. The molecule has 0 saturated carbocycles. The Morgan fingerprint density at radius 3 is 0.829 bits per heavy atom. The molecule has 488 valence electrons. The third-order valence-corrected chi connectivity index (χ3v) is 18.1. The van der Waals surface area contributed by atoms with Crippen LogP contribution in [-0.4, -0.2) is 47.4 Å². The summed E-state index contributed by atoms with van der Waals surface area (Å²) in [5.74, 6) is -0.0331. The number of carbonyl (C=O) groups is 2. The van der Waals surface area contributed by atoms with Crippen molar-refractivity contribution in [3.63, 3.8) is 0 Å². The highest BCUT2D eigenvalue weighted by molar-refractivity contribution is 5.76. The lowest BCUT2D eigenvalue weighted by molar-refractivity contribution is -0.143. The standard InChI is InChI=1S/C76H149NO5/c1-3-5-7-9-11-13-15-17-40-44-48-52-56-60-64-68-74(79)73(72-78)77-75(80)69-65-61-57-53-49-45-42-38-36-34-32-30-28-26-24-22-20-19-21-23-25-27-29-31-33-35-37-39-43-47-51-55-59-63-67-71-82-76(81)70-66-62-58-54-50-46-41-18-16-14-12-10-8-6-4-2/h64,68,73-74,78-79H,3-63,65-67,69-72H2,1-2H3,(H,77,80)/b68-64+. The SMILES string of the molecule is CCCCCCCCCCCCCCC/C=C/C(O)C(CO)NC(=O)CCCCCCCCCCCCCCCCCCCCCCCCCCCCCCCCCCCCCOC(=O)CCCCCCCCCCCCCCCCC. The van der Waals surface area contributed by atoms with Crippen molar-refractivity contribution in [2.45, 2.75) is 450 Å². The highest BCUT2D eigenvalue weighted by Gasteiger charge is 2.18. The van der Waals surface area contributed by atoms with Crippen molar-refractivity contribution in [1.29, 1.82) is 0 Å². The van der Waals surface area contributed by atoms with Gasteiger partial charge in [-0.05, 0) is 32.1 Å². The van der Waals surface area contributed by atoms with E-state index in [1.807, 2.05) is 6.08 Å². The predicted molar refractivity (Wildman–Crippen MR) is 361 cm³/mol. The average molecular weight is 1160 g/mol. The van der Waals surface area contributed by atoms with Crippen LogP contribution in [0.15, 0.2) is 12.2 Å². The first-order valence-corrected chi connectivity index (χ1v) is 38.0. The van der Waals surface area contributed by atoms with E-state index in [1.54, 1.807) is 6.08 Å². The monoisotopic (exact) mass is 1160 g/mol. The van der Waals surface area contributed by atoms with Crippen LogP contribution in [0.1, 0.15) is 438 Å². The Morgan fingerprint density at radius 1 is 0.329 bits per heavy atom. The number of unbranched alkanes of at least 4 members (excludes halogenated alkanes) is 61. The van der Waals surface area contributed by atoms with Crippen molar-refractivity contribution in [2.75, 3.05) is 13.2 Å². The Bertz CT molecular complexity index is 1240. The van der Waals surface area contributed by atoms with Gasteiger partial charge < -0.3 is 20.3 Å². The number of amides is 1. The number of rotatable bonds is 72. The smallest absolute Gasteiger partial charge is 0.305 e. The molecule has 0 heterocycles. The van der Waals surface area contributed by atoms with Crippen molar-refractivity contribution >= 4 is 11.9 Å². The average Bonchev–Trinajstić information content (AvgIpc) is 3.48. The zero-order chi connectivity index (χ0) is 59.2. The Hall–Kier alpha value is -1.40. The topological polar surface area (TPSA) is 95.9 Å². The molecule has 0 spiro atoms. The molecule has 0 aliphatic rings. The lowest BCUT2D eigenvalue weighted by Crippen LogP contribution is -2.45. The fourth-order valence-electron chi connectivity index (χ4n) is 12.3. The van der Waals surface area contributed by atoms with E-state index < -0.39 is 12.1 Å². The minimum absolute atomic E-state index is 0.0263. The van der Waals surface area contributed by atoms with Crippen LogP contribution in [0.2, 0.25) is 0 Å². The molecule has 6 heteroatoms. The van der Waals surface area contributed by atoms with Crippen LogP contribution < -0.4 is 5.32 Å². The van der Waals surface area contributed by atoms with Gasteiger partial charge in [-0.15, -0.1) is 0 Å². The van der Waals surface area contributed by atoms with E-state index in [0.29, 0.717) is 19.4 Å². The van der Waals surface area contributed by atoms with E-state index in [2.05, 4.69) is 19.2 Å². The summed E-state index contributed by atoms with van der Waals surface area (Å²) >= 11 is 0. The maximum Gasteiger partial charge on any atom is 0.305 e. The molecule has 0 rings (SSSR count). The molecule has 0 saturated heterocycles. The second-order valence-corrected chi connectivity index (χ2v) is 26.4. The maximum absolute atomic E-state index is 12.5. The van der Waals surface area contributed by atoms with Crippen LogP contribution in [0.5, 0.6) is 0 Å². The second-order valence-electron chi connectivity index (χ2n) is 26.4. The Labute approximate surface area is 514 Å². The summed E-state index contributed by atoms with van der Waals surface area (Å²) in [5, 5.41) is 23.2. The molecule has 1 amide bonds. The van der Waals surface area contributed by atoms with Crippen LogP contribution in [0.3, 0.4) is 0 Å². The largest absolute Gasteiger partial charge is 0.466 e. The van der Waals surface area contributed by atoms with Gasteiger partial charge in [0.15, 0.2) is 0 Å². The van der Waals surface area contributed by atoms with Gasteiger partial charge in [-0.25, -0.2) is 0 Å². The summed E-state index contributed by atoms with van der Waals surface area (Å²) in [5.41, 5.74) is 0. The zero-order valence-electron chi connectivity index (χ0n) is 56.0. The van der Waals surface area contributed by atoms with E-state index in [-0.39, 0.29) is 18.5 Å². The number of ether oxygens (including phenoxy) is 1. The summed E-state index contributed by atoms with van der Waals surface area (Å²) in [6, 6.07) is -0.623. The first-order valence-electron chi connectivity index (χ1n) is 38.0. The minimum Gasteiger partial charge on any atom is -0.466 e. The molecule has 0 aliphatic heterocycles. The van der Waals surface area contributed by atoms with Gasteiger partial charge >= 0.3 is 5.97 Å². The van der Waals surface area contributed by atoms with Gasteiger partial charge in [0, 0.05) is 12.8 Å². The first-order chi connectivity index (χ1) is 40.5. The number of nitrogens with one attached hydrogen (secondary N) is 1. The first kappa shape index (κ1) is 80.6. The van der Waals surface area contributed by atoms with E-state index in [1.165, 1.54) is 372 Å². The summed E-state index contributed by atoms with van der Waals surface area (Å²) in [7, 11) is 0. The Kier molecular flexibility index (Phi) is 70.8. The van der Waals surface area contributed by atoms with E-state index in [0.717, 1.165) is 38.5 Å². The highest BCUT2D eigenvalue weighted by atomic mass is 16.5. The molecule has 2 atom stereocenters. The molecular formula is C76H149NO5. The van der Waals surface area contributed by atoms with Gasteiger partial charge in [0.25, 0.3) is 0 Å². The number of esters is 1. The highest BCUT2D eigenvalue weighted by Crippen LogP contribution is 2.20. The molecule has 82 heavy (non-hydrogen) atoms. The van der Waals surface area contributed by atoms with Crippen molar-refractivity contribution in [3.05, 3.63) is 12.2 Å². The second kappa shape index (κ2) is 72.1. The van der Waals surface area contributed by atoms with Gasteiger partial charge in [0.2, 0.25) is 5.91 Å². The molecule has 0 aromatic carbocycles. The third-order valence-electron chi connectivity index (χ3n) is 18.1. The number of aliphatic hydroxyl groups excluding tert-OH is 2. The summed E-state index contributed by atoms with van der Waals surface area (Å²) in [4.78, 5) is 24.6. The van der Waals surface area contributed by atoms with E-state index in [4.69, 9.17) is 4.74 Å². The van der Waals surface area contributed by atoms with Gasteiger partial charge in [0.05, 0.1) is 25.4 Å². The summed E-state index contributed by atoms with van der Waals surface area (Å²) in [6.07, 6.45) is 90.4. The van der Waals surface area contributed by atoms with Crippen molar-refractivity contribution in [3.8, 4) is 0 Å². The molecule has 2 unspecified atom stereocenters. The third kappa shape index (κ3) is 67.7. The van der Waals surface area contributed by atoms with Gasteiger partial charge in [-0.3, -0.25) is 9.59 Å². The van der Waals surface area contributed by atoms with Gasteiger partial charge in [-0.1, -0.05) is 405 Å². The number of aliphatic hydroxyl groups is 2. The van der Waals surface area contributed by atoms with E-state index in [9.17, 15) is 19.8 Å². The normalized spacial score (nSPS) is 12.5. The van der Waals surface area contributed by atoms with Crippen LogP contribution in [-0.2, 0) is 14.3 Å². The van der Waals surface area contributed by atoms with Crippen molar-refractivity contribution < 1.29 is 24.5 Å². The fourth-order valence-corrected chi connectivity index (χ4v) is 12.3. The predicted octanol–water partition coefficient (Wildman–Crippen LogP) is 24.7. The molecule has 0 aromatic heterocycles. The lowest BCUT2D eigenvalue weighted by Gasteiger charge is -2.20. The van der Waals surface area contributed by atoms with Gasteiger partial charge in [-0.2, -0.15) is 0 Å². The molecule has 0 radical (unpaired) electrons. The van der Waals surface area contributed by atoms with Crippen LogP contribution in [0.25, 0.3) is 0 Å². The van der Waals surface area contributed by atoms with Crippen LogP contribution >= 0.6 is 0 Å². The molecule has 0 bridgehead atoms. The van der Waals surface area contributed by atoms with Crippen molar-refractivity contribution in [1.82, 2.24) is 5.32 Å². The number of carbonyl (C=O) groups excluding carboxylic acids is 2. The zero-order valence-corrected chi connectivity index (χ0v) is 56.0. The molecule has 3 N–H and O–H groups in total. The van der Waals surface area contributed by atoms with E-state index >= 15 is 0 Å².